The lowest BCUT2D eigenvalue weighted by Crippen LogP contribution is -2.35. The first-order valence-electron chi connectivity index (χ1n) is 4.11. The fraction of sp³-hybridized carbons (Fsp3) is 0. The van der Waals surface area contributed by atoms with Crippen molar-refractivity contribution in [2.24, 2.45) is 0 Å². The third-order valence-corrected chi connectivity index (χ3v) is 3.10. The predicted octanol–water partition coefficient (Wildman–Crippen LogP) is -0.906. The lowest BCUT2D eigenvalue weighted by molar-refractivity contribution is -0.113. The zero-order valence-corrected chi connectivity index (χ0v) is 8.61. The lowest BCUT2D eigenvalue weighted by Gasteiger charge is -2.13. The Bertz CT molecular complexity index is 566. The number of rotatable bonds is 1. The Labute approximate surface area is 87.0 Å². The van der Waals surface area contributed by atoms with Gasteiger partial charge in [-0.05, 0) is 12.1 Å². The van der Waals surface area contributed by atoms with Crippen molar-refractivity contribution in [1.29, 1.82) is 0 Å². The first-order valence-corrected chi connectivity index (χ1v) is 5.96. The third kappa shape index (κ3) is 1.35. The van der Waals surface area contributed by atoms with Crippen molar-refractivity contribution in [3.63, 3.8) is 0 Å². The quantitative estimate of drug-likeness (QED) is 0.456. The molecule has 0 bridgehead atoms. The number of nitrogens with zero attached hydrogens (tertiary/aromatic N) is 1. The van der Waals surface area contributed by atoms with E-state index in [1.807, 2.05) is 0 Å². The number of hydrogen-bond acceptors (Lipinski definition) is 4. The predicted molar refractivity (Wildman–Crippen MR) is 55.7 cm³/mol. The molecule has 0 fully saturated rings. The van der Waals surface area contributed by atoms with E-state index in [1.165, 1.54) is 12.1 Å². The van der Waals surface area contributed by atoms with E-state index in [1.54, 1.807) is 12.1 Å². The molecule has 1 heterocycles. The number of carbonyl (C=O) groups excluding carboxylic acids is 2. The van der Waals surface area contributed by atoms with E-state index in [2.05, 4.69) is 0 Å². The average Bonchev–Trinajstić information content (AvgIpc) is 2.39. The topological polar surface area (TPSA) is 71.5 Å². The fourth-order valence-electron chi connectivity index (χ4n) is 1.49. The summed E-state index contributed by atoms with van der Waals surface area (Å²) in [5.41, 5.74) is 0.267. The van der Waals surface area contributed by atoms with Gasteiger partial charge in [0.25, 0.3) is 12.9 Å². The van der Waals surface area contributed by atoms with Crippen LogP contribution in [0.4, 0.5) is 5.69 Å². The second-order valence-corrected chi connectivity index (χ2v) is 5.01. The molecule has 5 nitrogen and oxygen atoms in total. The summed E-state index contributed by atoms with van der Waals surface area (Å²) in [6, 6.07) is 6.01. The molecule has 15 heavy (non-hydrogen) atoms. The molecule has 0 N–H and O–H groups in total. The van der Waals surface area contributed by atoms with E-state index >= 15 is 0 Å². The summed E-state index contributed by atoms with van der Waals surface area (Å²) in [5.74, 6) is -1.80. The minimum Gasteiger partial charge on any atom is -0.283 e. The molecule has 0 unspecified atom stereocenters. The molecule has 0 radical (unpaired) electrons. The molecule has 1 aromatic rings. The molecule has 2 rings (SSSR count). The van der Waals surface area contributed by atoms with E-state index in [0.29, 0.717) is 4.31 Å². The van der Waals surface area contributed by atoms with Gasteiger partial charge in [0.1, 0.15) is 0 Å². The van der Waals surface area contributed by atoms with Crippen molar-refractivity contribution in [1.82, 2.24) is 0 Å². The molecular weight excluding hydrogens is 217 g/mol. The van der Waals surface area contributed by atoms with Crippen LogP contribution in [0.2, 0.25) is 0 Å². The Balaban J connectivity index is 2.73. The molecule has 1 aliphatic heterocycles. The van der Waals surface area contributed by atoms with Crippen LogP contribution in [0.5, 0.6) is 0 Å². The summed E-state index contributed by atoms with van der Waals surface area (Å²) in [7, 11) is -2.85. The van der Waals surface area contributed by atoms with E-state index in [4.69, 9.17) is 0 Å². The maximum atomic E-state index is 11.4. The number of fused-ring (bicyclic) bond motifs is 1. The Morgan fingerprint density at radius 3 is 2.33 bits per heavy atom. The van der Waals surface area contributed by atoms with Crippen LogP contribution in [0.3, 0.4) is 0 Å². The highest BCUT2D eigenvalue weighted by Gasteiger charge is 2.40. The largest absolute Gasteiger partial charge is 0.312 e. The van der Waals surface area contributed by atoms with E-state index in [0.717, 1.165) is 7.12 Å². The number of Topliss-reactive ketones (excluding diaryl/α,β-unsaturated/α-hetero) is 1. The van der Waals surface area contributed by atoms with Gasteiger partial charge < -0.3 is 0 Å². The summed E-state index contributed by atoms with van der Waals surface area (Å²) in [5, 5.41) is 0. The molecule has 0 saturated carbocycles. The number of carbonyl (C=O) groups is 2. The van der Waals surface area contributed by atoms with Crippen LogP contribution >= 0.6 is 0 Å². The summed E-state index contributed by atoms with van der Waals surface area (Å²) in [6.07, 6.45) is 0. The molecule has 76 valence electrons. The number of benzene rings is 1. The maximum absolute atomic E-state index is 11.4. The summed E-state index contributed by atoms with van der Waals surface area (Å²) < 4.78 is 23.1. The Hall–Kier alpha value is -1.63. The van der Waals surface area contributed by atoms with Gasteiger partial charge in [0.15, 0.2) is 9.87 Å². The van der Waals surface area contributed by atoms with Crippen molar-refractivity contribution >= 4 is 34.4 Å². The fourth-order valence-corrected chi connectivity index (χ4v) is 2.39. The van der Waals surface area contributed by atoms with Gasteiger partial charge in [0, 0.05) is 0 Å². The Kier molecular flexibility index (Phi) is 1.94. The smallest absolute Gasteiger partial charge is 0.283 e. The average molecular weight is 223 g/mol. The molecule has 0 saturated heterocycles. The van der Waals surface area contributed by atoms with Gasteiger partial charge in [0.05, 0.1) is 11.3 Å². The van der Waals surface area contributed by atoms with Crippen molar-refractivity contribution in [2.45, 2.75) is 0 Å². The summed E-state index contributed by atoms with van der Waals surface area (Å²) in [6.45, 7) is 0. The van der Waals surface area contributed by atoms with Crippen molar-refractivity contribution in [3.05, 3.63) is 29.8 Å². The standard InChI is InChI=1S/C8H6BNO4S/c9-15(13,14)10-6-4-2-1-3-5(6)7(11)8(10)12/h1-4H,9H2. The summed E-state index contributed by atoms with van der Waals surface area (Å²) in [4.78, 5) is 22.8. The van der Waals surface area contributed by atoms with Crippen LogP contribution in [0.25, 0.3) is 0 Å². The van der Waals surface area contributed by atoms with Gasteiger partial charge in [-0.1, -0.05) is 12.1 Å². The molecule has 1 amide bonds. The van der Waals surface area contributed by atoms with Crippen molar-refractivity contribution < 1.29 is 18.0 Å². The molecule has 0 spiro atoms. The van der Waals surface area contributed by atoms with E-state index in [9.17, 15) is 18.0 Å². The molecule has 0 aliphatic carbocycles. The number of amides is 1. The lowest BCUT2D eigenvalue weighted by atomic mass is 10.1. The van der Waals surface area contributed by atoms with E-state index in [-0.39, 0.29) is 11.3 Å². The highest BCUT2D eigenvalue weighted by Crippen LogP contribution is 2.29. The van der Waals surface area contributed by atoms with Gasteiger partial charge in [-0.3, -0.25) is 9.59 Å². The van der Waals surface area contributed by atoms with Crippen LogP contribution in [0.1, 0.15) is 10.4 Å². The molecule has 1 aromatic carbocycles. The van der Waals surface area contributed by atoms with Crippen LogP contribution in [-0.2, 0) is 14.7 Å². The molecule has 1 aliphatic rings. The normalized spacial score (nSPS) is 15.6. The van der Waals surface area contributed by atoms with Crippen molar-refractivity contribution in [2.75, 3.05) is 4.31 Å². The van der Waals surface area contributed by atoms with E-state index < -0.39 is 21.6 Å². The maximum Gasteiger partial charge on any atom is 0.312 e. The third-order valence-electron chi connectivity index (χ3n) is 2.08. The minimum atomic E-state index is -3.74. The van der Waals surface area contributed by atoms with Crippen LogP contribution < -0.4 is 4.31 Å². The van der Waals surface area contributed by atoms with Crippen LogP contribution in [0.15, 0.2) is 24.3 Å². The zero-order valence-electron chi connectivity index (χ0n) is 7.80. The SMILES string of the molecule is BS(=O)(=O)N1C(=O)C(=O)c2ccccc21. The first kappa shape index (κ1) is 9.91. The van der Waals surface area contributed by atoms with Gasteiger partial charge in [-0.25, -0.2) is 12.7 Å². The van der Waals surface area contributed by atoms with Gasteiger partial charge in [-0.2, -0.15) is 0 Å². The molecule has 7 heteroatoms. The monoisotopic (exact) mass is 223 g/mol. The second kappa shape index (κ2) is 2.93. The number of para-hydroxylation sites is 1. The Morgan fingerprint density at radius 1 is 1.13 bits per heavy atom. The highest BCUT2D eigenvalue weighted by molar-refractivity contribution is 8.14. The highest BCUT2D eigenvalue weighted by atomic mass is 32.2. The number of hydrogen-bond donors (Lipinski definition) is 0. The zero-order chi connectivity index (χ0) is 11.2. The number of anilines is 1. The Morgan fingerprint density at radius 2 is 1.73 bits per heavy atom. The molecule has 0 aromatic heterocycles. The van der Waals surface area contributed by atoms with Crippen LogP contribution in [-0.4, -0.2) is 27.2 Å². The first-order chi connectivity index (χ1) is 6.93. The number of ketones is 1. The molecular formula is C8H6BNO4S. The van der Waals surface area contributed by atoms with Gasteiger partial charge >= 0.3 is 5.91 Å². The minimum absolute atomic E-state index is 0.132. The summed E-state index contributed by atoms with van der Waals surface area (Å²) >= 11 is 0. The van der Waals surface area contributed by atoms with Gasteiger partial charge in [0.2, 0.25) is 0 Å². The second-order valence-electron chi connectivity index (χ2n) is 3.18. The molecule has 0 atom stereocenters. The van der Waals surface area contributed by atoms with Crippen molar-refractivity contribution in [3.8, 4) is 0 Å². The van der Waals surface area contributed by atoms with Crippen LogP contribution in [0, 0.1) is 0 Å². The van der Waals surface area contributed by atoms with Gasteiger partial charge in [-0.15, -0.1) is 0 Å².